The van der Waals surface area contributed by atoms with Crippen LogP contribution in [0, 0.1) is 10.1 Å². The number of phenols is 1. The van der Waals surface area contributed by atoms with Gasteiger partial charge >= 0.3 is 0 Å². The van der Waals surface area contributed by atoms with E-state index in [0.29, 0.717) is 46.5 Å². The van der Waals surface area contributed by atoms with Crippen LogP contribution in [0.1, 0.15) is 15.9 Å². The number of anilines is 1. The molecule has 152 valence electrons. The van der Waals surface area contributed by atoms with Crippen molar-refractivity contribution >= 4 is 55.4 Å². The number of hydrogen-bond acceptors (Lipinski definition) is 7. The molecule has 0 spiro atoms. The largest absolute Gasteiger partial charge is 0.506 e. The van der Waals surface area contributed by atoms with Crippen molar-refractivity contribution in [1.29, 1.82) is 0 Å². The Morgan fingerprint density at radius 3 is 2.52 bits per heavy atom. The Balaban J connectivity index is 1.74. The van der Waals surface area contributed by atoms with Crippen LogP contribution in [0.15, 0.2) is 44.4 Å². The molecular formula is C18H16Br2N4O5. The fourth-order valence-electron chi connectivity index (χ4n) is 2.77. The van der Waals surface area contributed by atoms with Crippen molar-refractivity contribution in [2.24, 2.45) is 5.10 Å². The summed E-state index contributed by atoms with van der Waals surface area (Å²) < 4.78 is 6.00. The summed E-state index contributed by atoms with van der Waals surface area (Å²) in [5.41, 5.74) is 3.60. The van der Waals surface area contributed by atoms with Crippen LogP contribution in [0.25, 0.3) is 0 Å². The molecule has 0 bridgehead atoms. The SMILES string of the molecule is O=C(N/N=C\c1ccc(N2CCOCC2)c([N+](=O)[O-])c1)c1cc(Br)c(O)c(Br)c1. The number of ether oxygens (including phenoxy) is 1. The molecular weight excluding hydrogens is 512 g/mol. The van der Waals surface area contributed by atoms with Crippen molar-refractivity contribution in [2.45, 2.75) is 0 Å². The van der Waals surface area contributed by atoms with Crippen LogP contribution in [0.5, 0.6) is 5.75 Å². The first kappa shape index (κ1) is 21.2. The normalized spacial score (nSPS) is 14.2. The molecule has 1 aliphatic rings. The number of nitro groups is 1. The molecule has 0 aromatic heterocycles. The van der Waals surface area contributed by atoms with Crippen LogP contribution in [-0.2, 0) is 4.74 Å². The van der Waals surface area contributed by atoms with Crippen LogP contribution >= 0.6 is 31.9 Å². The van der Waals surface area contributed by atoms with Gasteiger partial charge in [-0.2, -0.15) is 5.10 Å². The number of nitrogens with one attached hydrogen (secondary N) is 1. The predicted octanol–water partition coefficient (Wildman–Crippen LogP) is 3.43. The highest BCUT2D eigenvalue weighted by molar-refractivity contribution is 9.11. The fraction of sp³-hybridized carbons (Fsp3) is 0.222. The zero-order valence-electron chi connectivity index (χ0n) is 15.0. The Labute approximate surface area is 182 Å². The first-order valence-electron chi connectivity index (χ1n) is 8.49. The number of amides is 1. The summed E-state index contributed by atoms with van der Waals surface area (Å²) in [4.78, 5) is 25.2. The van der Waals surface area contributed by atoms with Crippen molar-refractivity contribution in [3.05, 3.63) is 60.5 Å². The summed E-state index contributed by atoms with van der Waals surface area (Å²) in [7, 11) is 0. The molecule has 2 aromatic carbocycles. The molecule has 0 saturated carbocycles. The molecule has 3 rings (SSSR count). The lowest BCUT2D eigenvalue weighted by molar-refractivity contribution is -0.384. The zero-order valence-corrected chi connectivity index (χ0v) is 18.1. The van der Waals surface area contributed by atoms with Gasteiger partial charge in [0.05, 0.1) is 33.3 Å². The van der Waals surface area contributed by atoms with Crippen molar-refractivity contribution in [3.63, 3.8) is 0 Å². The Hall–Kier alpha value is -2.50. The van der Waals surface area contributed by atoms with Gasteiger partial charge in [0.1, 0.15) is 11.4 Å². The second-order valence-electron chi connectivity index (χ2n) is 6.09. The van der Waals surface area contributed by atoms with Gasteiger partial charge in [-0.25, -0.2) is 5.43 Å². The number of aromatic hydroxyl groups is 1. The van der Waals surface area contributed by atoms with Gasteiger partial charge in [0, 0.05) is 30.3 Å². The number of hydrazone groups is 1. The molecule has 1 aliphatic heterocycles. The van der Waals surface area contributed by atoms with E-state index in [9.17, 15) is 20.0 Å². The highest BCUT2D eigenvalue weighted by atomic mass is 79.9. The monoisotopic (exact) mass is 526 g/mol. The smallest absolute Gasteiger partial charge is 0.293 e. The van der Waals surface area contributed by atoms with E-state index in [4.69, 9.17) is 4.74 Å². The van der Waals surface area contributed by atoms with Crippen molar-refractivity contribution in [3.8, 4) is 5.75 Å². The minimum Gasteiger partial charge on any atom is -0.506 e. The third-order valence-electron chi connectivity index (χ3n) is 4.21. The third kappa shape index (κ3) is 5.11. The standard InChI is InChI=1S/C18H16Br2N4O5/c19-13-8-12(9-14(20)17(13)25)18(26)22-21-10-11-1-2-15(16(7-11)24(27)28)23-3-5-29-6-4-23/h1-2,7-10,25H,3-6H2,(H,22,26)/b21-10-. The summed E-state index contributed by atoms with van der Waals surface area (Å²) in [5, 5.41) is 25.1. The summed E-state index contributed by atoms with van der Waals surface area (Å²) in [6.07, 6.45) is 1.33. The van der Waals surface area contributed by atoms with Crippen LogP contribution in [0.4, 0.5) is 11.4 Å². The number of nitrogens with zero attached hydrogens (tertiary/aromatic N) is 3. The van der Waals surface area contributed by atoms with Crippen LogP contribution < -0.4 is 10.3 Å². The molecule has 2 N–H and O–H groups in total. The van der Waals surface area contributed by atoms with Gasteiger partial charge in [-0.3, -0.25) is 14.9 Å². The number of hydrogen-bond donors (Lipinski definition) is 2. The average Bonchev–Trinajstić information content (AvgIpc) is 2.72. The molecule has 0 aliphatic carbocycles. The molecule has 29 heavy (non-hydrogen) atoms. The summed E-state index contributed by atoms with van der Waals surface area (Å²) in [6, 6.07) is 7.68. The topological polar surface area (TPSA) is 117 Å². The van der Waals surface area contributed by atoms with Gasteiger partial charge in [0.15, 0.2) is 0 Å². The number of rotatable bonds is 5. The molecule has 1 heterocycles. The minimum absolute atomic E-state index is 0.0160. The van der Waals surface area contributed by atoms with E-state index in [1.807, 2.05) is 4.90 Å². The van der Waals surface area contributed by atoms with E-state index in [-0.39, 0.29) is 17.0 Å². The Bertz CT molecular complexity index is 954. The number of phenolic OH excluding ortho intramolecular Hbond substituents is 1. The van der Waals surface area contributed by atoms with Crippen molar-refractivity contribution in [2.75, 3.05) is 31.2 Å². The first-order valence-corrected chi connectivity index (χ1v) is 10.1. The average molecular weight is 528 g/mol. The lowest BCUT2D eigenvalue weighted by atomic mass is 10.1. The molecule has 1 saturated heterocycles. The molecule has 0 unspecified atom stereocenters. The highest BCUT2D eigenvalue weighted by Crippen LogP contribution is 2.33. The second kappa shape index (κ2) is 9.33. The van der Waals surface area contributed by atoms with Crippen molar-refractivity contribution < 1.29 is 19.6 Å². The number of nitro benzene ring substituents is 1. The molecule has 0 atom stereocenters. The lowest BCUT2D eigenvalue weighted by Crippen LogP contribution is -2.36. The van der Waals surface area contributed by atoms with E-state index in [1.54, 1.807) is 12.1 Å². The van der Waals surface area contributed by atoms with E-state index >= 15 is 0 Å². The number of carbonyl (C=O) groups is 1. The summed E-state index contributed by atoms with van der Waals surface area (Å²) in [5.74, 6) is -0.514. The van der Waals surface area contributed by atoms with E-state index < -0.39 is 10.8 Å². The quantitative estimate of drug-likeness (QED) is 0.349. The number of carbonyl (C=O) groups excluding carboxylic acids is 1. The number of morpholine rings is 1. The molecule has 9 nitrogen and oxygen atoms in total. The van der Waals surface area contributed by atoms with Crippen LogP contribution in [-0.4, -0.2) is 48.5 Å². The van der Waals surface area contributed by atoms with Gasteiger partial charge in [0.2, 0.25) is 0 Å². The maximum atomic E-state index is 12.2. The van der Waals surface area contributed by atoms with E-state index in [0.717, 1.165) is 0 Å². The van der Waals surface area contributed by atoms with Gasteiger partial charge in [0.25, 0.3) is 11.6 Å². The van der Waals surface area contributed by atoms with E-state index in [2.05, 4.69) is 42.4 Å². The summed E-state index contributed by atoms with van der Waals surface area (Å²) in [6.45, 7) is 2.22. The molecule has 2 aromatic rings. The van der Waals surface area contributed by atoms with Crippen LogP contribution in [0.3, 0.4) is 0 Å². The van der Waals surface area contributed by atoms with Gasteiger partial charge in [-0.1, -0.05) is 6.07 Å². The number of benzene rings is 2. The predicted molar refractivity (Wildman–Crippen MR) is 115 cm³/mol. The molecule has 0 radical (unpaired) electrons. The Morgan fingerprint density at radius 1 is 1.24 bits per heavy atom. The maximum Gasteiger partial charge on any atom is 0.293 e. The van der Waals surface area contributed by atoms with Crippen LogP contribution in [0.2, 0.25) is 0 Å². The lowest BCUT2D eigenvalue weighted by Gasteiger charge is -2.28. The summed E-state index contributed by atoms with van der Waals surface area (Å²) >= 11 is 6.31. The van der Waals surface area contributed by atoms with Gasteiger partial charge in [-0.15, -0.1) is 0 Å². The van der Waals surface area contributed by atoms with E-state index in [1.165, 1.54) is 24.4 Å². The Kier molecular flexibility index (Phi) is 6.83. The zero-order chi connectivity index (χ0) is 21.0. The number of halogens is 2. The second-order valence-corrected chi connectivity index (χ2v) is 7.80. The molecule has 1 amide bonds. The van der Waals surface area contributed by atoms with Crippen molar-refractivity contribution in [1.82, 2.24) is 5.43 Å². The Morgan fingerprint density at radius 2 is 1.90 bits per heavy atom. The van der Waals surface area contributed by atoms with Gasteiger partial charge in [-0.05, 0) is 50.1 Å². The van der Waals surface area contributed by atoms with Gasteiger partial charge < -0.3 is 14.7 Å². The highest BCUT2D eigenvalue weighted by Gasteiger charge is 2.21. The maximum absolute atomic E-state index is 12.2. The third-order valence-corrected chi connectivity index (χ3v) is 5.42. The first-order chi connectivity index (χ1) is 13.9. The minimum atomic E-state index is -0.498. The fourth-order valence-corrected chi connectivity index (χ4v) is 3.95. The molecule has 1 fully saturated rings. The molecule has 11 heteroatoms.